The summed E-state index contributed by atoms with van der Waals surface area (Å²) in [7, 11) is 0. The molecule has 1 N–H and O–H groups in total. The molecule has 1 aliphatic rings. The molecule has 1 aromatic carbocycles. The molecule has 2 rings (SSSR count). The first kappa shape index (κ1) is 13.1. The van der Waals surface area contributed by atoms with E-state index in [1.807, 2.05) is 23.1 Å². The molecular weight excluding hydrogens is 224 g/mol. The second-order valence-electron chi connectivity index (χ2n) is 4.86. The van der Waals surface area contributed by atoms with Crippen molar-refractivity contribution >= 4 is 5.91 Å². The Morgan fingerprint density at radius 3 is 2.83 bits per heavy atom. The lowest BCUT2D eigenvalue weighted by molar-refractivity contribution is -0.129. The van der Waals surface area contributed by atoms with Crippen molar-refractivity contribution in [3.8, 4) is 0 Å². The van der Waals surface area contributed by atoms with Gasteiger partial charge in [0.15, 0.2) is 0 Å². The number of likely N-dealkylation sites (tertiary alicyclic amines) is 1. The molecule has 0 bridgehead atoms. The largest absolute Gasteiger partial charge is 0.341 e. The van der Waals surface area contributed by atoms with Gasteiger partial charge in [0.1, 0.15) is 0 Å². The van der Waals surface area contributed by atoms with E-state index in [1.165, 1.54) is 5.56 Å². The quantitative estimate of drug-likeness (QED) is 0.830. The summed E-state index contributed by atoms with van der Waals surface area (Å²) in [5.41, 5.74) is 1.30. The third kappa shape index (κ3) is 3.33. The van der Waals surface area contributed by atoms with Gasteiger partial charge in [-0.2, -0.15) is 0 Å². The molecule has 1 aliphatic heterocycles. The number of carbonyl (C=O) groups excluding carboxylic acids is 1. The lowest BCUT2D eigenvalue weighted by atomic mass is 10.1. The summed E-state index contributed by atoms with van der Waals surface area (Å²) < 4.78 is 0. The molecule has 18 heavy (non-hydrogen) atoms. The Balaban J connectivity index is 1.79. The maximum absolute atomic E-state index is 12.1. The Labute approximate surface area is 109 Å². The topological polar surface area (TPSA) is 32.3 Å². The van der Waals surface area contributed by atoms with Crippen LogP contribution in [0, 0.1) is 0 Å². The molecule has 0 spiro atoms. The van der Waals surface area contributed by atoms with Crippen LogP contribution in [0.4, 0.5) is 0 Å². The predicted molar refractivity (Wildman–Crippen MR) is 73.4 cm³/mol. The molecule has 3 heteroatoms. The fourth-order valence-electron chi connectivity index (χ4n) is 2.38. The van der Waals surface area contributed by atoms with Crippen LogP contribution in [0.3, 0.4) is 0 Å². The van der Waals surface area contributed by atoms with E-state index >= 15 is 0 Å². The van der Waals surface area contributed by atoms with E-state index in [2.05, 4.69) is 24.4 Å². The normalized spacial score (nSPS) is 19.5. The zero-order chi connectivity index (χ0) is 12.8. The van der Waals surface area contributed by atoms with Crippen molar-refractivity contribution in [2.24, 2.45) is 0 Å². The minimum absolute atomic E-state index is 0.0562. The van der Waals surface area contributed by atoms with E-state index in [9.17, 15) is 4.79 Å². The highest BCUT2D eigenvalue weighted by molar-refractivity contribution is 5.83. The molecule has 98 valence electrons. The van der Waals surface area contributed by atoms with Gasteiger partial charge >= 0.3 is 0 Å². The summed E-state index contributed by atoms with van der Waals surface area (Å²) in [5.74, 6) is 0.277. The van der Waals surface area contributed by atoms with Crippen LogP contribution in [0.25, 0.3) is 0 Å². The van der Waals surface area contributed by atoms with Crippen molar-refractivity contribution < 1.29 is 4.79 Å². The molecule has 1 unspecified atom stereocenters. The van der Waals surface area contributed by atoms with Crippen molar-refractivity contribution in [3.05, 3.63) is 35.9 Å². The van der Waals surface area contributed by atoms with Crippen LogP contribution in [-0.4, -0.2) is 36.5 Å². The number of nitrogens with one attached hydrogen (secondary N) is 1. The molecule has 1 saturated heterocycles. The van der Waals surface area contributed by atoms with Crippen molar-refractivity contribution in [3.63, 3.8) is 0 Å². The Kier molecular flexibility index (Phi) is 4.76. The third-order valence-corrected chi connectivity index (χ3v) is 3.45. The molecule has 1 fully saturated rings. The average Bonchev–Trinajstić information content (AvgIpc) is 2.76. The van der Waals surface area contributed by atoms with Crippen molar-refractivity contribution in [1.29, 1.82) is 0 Å². The third-order valence-electron chi connectivity index (χ3n) is 3.45. The maximum atomic E-state index is 12.1. The van der Waals surface area contributed by atoms with Crippen molar-refractivity contribution in [1.82, 2.24) is 10.2 Å². The SMILES string of the molecule is CCCNC1CCN(CCc2ccccc2)C1=O. The van der Waals surface area contributed by atoms with Gasteiger partial charge in [-0.1, -0.05) is 37.3 Å². The van der Waals surface area contributed by atoms with E-state index in [0.29, 0.717) is 0 Å². The smallest absolute Gasteiger partial charge is 0.239 e. The molecule has 1 heterocycles. The van der Waals surface area contributed by atoms with E-state index in [0.717, 1.165) is 38.9 Å². The highest BCUT2D eigenvalue weighted by atomic mass is 16.2. The van der Waals surface area contributed by atoms with Gasteiger partial charge in [0.05, 0.1) is 6.04 Å². The number of nitrogens with zero attached hydrogens (tertiary/aromatic N) is 1. The Morgan fingerprint density at radius 1 is 1.33 bits per heavy atom. The second-order valence-corrected chi connectivity index (χ2v) is 4.86. The number of amides is 1. The molecule has 0 radical (unpaired) electrons. The first-order chi connectivity index (χ1) is 8.81. The first-order valence-corrected chi connectivity index (χ1v) is 6.87. The summed E-state index contributed by atoms with van der Waals surface area (Å²) in [6.45, 7) is 4.79. The van der Waals surface area contributed by atoms with Crippen LogP contribution in [0.15, 0.2) is 30.3 Å². The van der Waals surface area contributed by atoms with E-state index in [4.69, 9.17) is 0 Å². The minimum Gasteiger partial charge on any atom is -0.341 e. The summed E-state index contributed by atoms with van der Waals surface area (Å²) in [6, 6.07) is 10.4. The highest BCUT2D eigenvalue weighted by Crippen LogP contribution is 2.12. The minimum atomic E-state index is 0.0562. The van der Waals surface area contributed by atoms with Crippen LogP contribution >= 0.6 is 0 Å². The van der Waals surface area contributed by atoms with Gasteiger partial charge < -0.3 is 10.2 Å². The van der Waals surface area contributed by atoms with E-state index in [1.54, 1.807) is 0 Å². The van der Waals surface area contributed by atoms with Gasteiger partial charge in [-0.05, 0) is 31.4 Å². The number of hydrogen-bond acceptors (Lipinski definition) is 2. The molecule has 1 amide bonds. The lowest BCUT2D eigenvalue weighted by Crippen LogP contribution is -2.39. The second kappa shape index (κ2) is 6.55. The van der Waals surface area contributed by atoms with Crippen LogP contribution in [0.2, 0.25) is 0 Å². The fourth-order valence-corrected chi connectivity index (χ4v) is 2.38. The number of hydrogen-bond donors (Lipinski definition) is 1. The molecule has 0 aromatic heterocycles. The summed E-state index contributed by atoms with van der Waals surface area (Å²) >= 11 is 0. The average molecular weight is 246 g/mol. The van der Waals surface area contributed by atoms with Crippen LogP contribution in [0.5, 0.6) is 0 Å². The van der Waals surface area contributed by atoms with E-state index in [-0.39, 0.29) is 11.9 Å². The lowest BCUT2D eigenvalue weighted by Gasteiger charge is -2.17. The Bertz CT molecular complexity index is 377. The standard InChI is InChI=1S/C15H22N2O/c1-2-10-16-14-9-12-17(15(14)18)11-8-13-6-4-3-5-7-13/h3-7,14,16H,2,8-12H2,1H3. The van der Waals surface area contributed by atoms with Gasteiger partial charge in [-0.15, -0.1) is 0 Å². The van der Waals surface area contributed by atoms with Crippen LogP contribution in [0.1, 0.15) is 25.3 Å². The molecule has 1 atom stereocenters. The summed E-state index contributed by atoms with van der Waals surface area (Å²) in [5, 5.41) is 3.32. The summed E-state index contributed by atoms with van der Waals surface area (Å²) in [4.78, 5) is 14.1. The number of carbonyl (C=O) groups is 1. The molecule has 1 aromatic rings. The number of benzene rings is 1. The first-order valence-electron chi connectivity index (χ1n) is 6.87. The monoisotopic (exact) mass is 246 g/mol. The molecule has 0 aliphatic carbocycles. The Morgan fingerprint density at radius 2 is 2.11 bits per heavy atom. The predicted octanol–water partition coefficient (Wildman–Crippen LogP) is 1.83. The van der Waals surface area contributed by atoms with Gasteiger partial charge in [0.2, 0.25) is 5.91 Å². The Hall–Kier alpha value is -1.35. The van der Waals surface area contributed by atoms with Crippen molar-refractivity contribution in [2.45, 2.75) is 32.2 Å². The van der Waals surface area contributed by atoms with Gasteiger partial charge in [0.25, 0.3) is 0 Å². The van der Waals surface area contributed by atoms with Gasteiger partial charge in [-0.3, -0.25) is 4.79 Å². The fraction of sp³-hybridized carbons (Fsp3) is 0.533. The number of rotatable bonds is 6. The van der Waals surface area contributed by atoms with Gasteiger partial charge in [0, 0.05) is 13.1 Å². The van der Waals surface area contributed by atoms with Crippen LogP contribution in [-0.2, 0) is 11.2 Å². The van der Waals surface area contributed by atoms with Crippen LogP contribution < -0.4 is 5.32 Å². The molecular formula is C15H22N2O. The van der Waals surface area contributed by atoms with E-state index < -0.39 is 0 Å². The highest BCUT2D eigenvalue weighted by Gasteiger charge is 2.30. The van der Waals surface area contributed by atoms with Gasteiger partial charge in [-0.25, -0.2) is 0 Å². The molecule has 0 saturated carbocycles. The molecule has 3 nitrogen and oxygen atoms in total. The summed E-state index contributed by atoms with van der Waals surface area (Å²) in [6.07, 6.45) is 2.98. The zero-order valence-electron chi connectivity index (χ0n) is 11.1. The zero-order valence-corrected chi connectivity index (χ0v) is 11.1. The van der Waals surface area contributed by atoms with Crippen molar-refractivity contribution in [2.75, 3.05) is 19.6 Å². The maximum Gasteiger partial charge on any atom is 0.239 e.